The van der Waals surface area contributed by atoms with Crippen LogP contribution in [0.3, 0.4) is 0 Å². The molecule has 1 saturated carbocycles. The van der Waals surface area contributed by atoms with E-state index in [2.05, 4.69) is 15.2 Å². The summed E-state index contributed by atoms with van der Waals surface area (Å²) in [6, 6.07) is 3.90. The molecule has 1 aliphatic carbocycles. The van der Waals surface area contributed by atoms with E-state index in [4.69, 9.17) is 35.3 Å². The summed E-state index contributed by atoms with van der Waals surface area (Å²) in [6.07, 6.45) is 4.55. The van der Waals surface area contributed by atoms with Gasteiger partial charge in [-0.15, -0.1) is 0 Å². The van der Waals surface area contributed by atoms with Gasteiger partial charge < -0.3 is 34.0 Å². The fourth-order valence-corrected chi connectivity index (χ4v) is 6.36. The van der Waals surface area contributed by atoms with Crippen LogP contribution in [0, 0.1) is 19.8 Å². The van der Waals surface area contributed by atoms with Gasteiger partial charge in [-0.3, -0.25) is 14.5 Å². The first-order chi connectivity index (χ1) is 19.8. The second-order valence-corrected chi connectivity index (χ2v) is 11.6. The molecular weight excluding hydrogens is 550 g/mol. The predicted octanol–water partition coefficient (Wildman–Crippen LogP) is 3.63. The summed E-state index contributed by atoms with van der Waals surface area (Å²) in [5.74, 6) is 1.42. The number of pyridine rings is 1. The van der Waals surface area contributed by atoms with Crippen molar-refractivity contribution in [3.8, 4) is 17.2 Å². The Balaban J connectivity index is 1.19. The van der Waals surface area contributed by atoms with Crippen molar-refractivity contribution in [2.45, 2.75) is 64.3 Å². The molecule has 0 unspecified atom stereocenters. The van der Waals surface area contributed by atoms with E-state index in [0.717, 1.165) is 38.8 Å². The largest absolute Gasteiger partial charge is 0.496 e. The van der Waals surface area contributed by atoms with Crippen LogP contribution in [0.25, 0.3) is 0 Å². The summed E-state index contributed by atoms with van der Waals surface area (Å²) >= 11 is 6.55. The number of amides is 1. The standard InChI is InChI=1S/C30H40ClN3O7/c1-17-11-25(38-4)23(30(36)33-17)13-32-29(35)22-12-24(31)28-27(18(22)2)41-26(16-40-28)19-5-7-20(8-6-19)34-14-21(15-34)39-10-9-37-3/h11-12,19-21,26H,5-10,13-16H2,1-4H3,(H,32,35)(H,33,36)/t19?,20?,26-/m1/s1. The Kier molecular flexibility index (Phi) is 9.43. The third kappa shape index (κ3) is 6.51. The number of carbonyl (C=O) groups is 1. The van der Waals surface area contributed by atoms with Crippen LogP contribution in [0.2, 0.25) is 5.02 Å². The summed E-state index contributed by atoms with van der Waals surface area (Å²) < 4.78 is 28.8. The highest BCUT2D eigenvalue weighted by molar-refractivity contribution is 6.32. The van der Waals surface area contributed by atoms with E-state index in [-0.39, 0.29) is 24.1 Å². The summed E-state index contributed by atoms with van der Waals surface area (Å²) in [6.45, 7) is 7.31. The Morgan fingerprint density at radius 3 is 2.59 bits per heavy atom. The lowest BCUT2D eigenvalue weighted by molar-refractivity contribution is -0.0908. The van der Waals surface area contributed by atoms with E-state index in [1.165, 1.54) is 7.11 Å². The molecule has 41 heavy (non-hydrogen) atoms. The summed E-state index contributed by atoms with van der Waals surface area (Å²) in [5, 5.41) is 3.15. The van der Waals surface area contributed by atoms with Gasteiger partial charge in [0.05, 0.1) is 43.6 Å². The van der Waals surface area contributed by atoms with Crippen molar-refractivity contribution in [3.05, 3.63) is 49.9 Å². The number of benzene rings is 1. The molecule has 0 bridgehead atoms. The zero-order chi connectivity index (χ0) is 29.1. The lowest BCUT2D eigenvalue weighted by atomic mass is 9.81. The second kappa shape index (κ2) is 13.0. The molecule has 224 valence electrons. The SMILES string of the molecule is COCCOC1CN(C2CCC([C@H]3COc4c(Cl)cc(C(=O)NCc5c(OC)cc(C)[nH]c5=O)c(C)c4O3)CC2)C1. The number of aromatic amines is 1. The Labute approximate surface area is 245 Å². The number of aromatic nitrogens is 1. The van der Waals surface area contributed by atoms with Crippen molar-refractivity contribution in [2.24, 2.45) is 5.92 Å². The third-order valence-corrected chi connectivity index (χ3v) is 8.80. The molecule has 2 aromatic rings. The molecule has 11 heteroatoms. The van der Waals surface area contributed by atoms with Gasteiger partial charge in [-0.1, -0.05) is 11.6 Å². The van der Waals surface area contributed by atoms with Crippen LogP contribution in [-0.2, 0) is 16.0 Å². The number of aryl methyl sites for hydroxylation is 1. The van der Waals surface area contributed by atoms with Crippen LogP contribution in [-0.4, -0.2) is 81.2 Å². The Morgan fingerprint density at radius 1 is 1.12 bits per heavy atom. The number of rotatable bonds is 10. The fraction of sp³-hybridized carbons (Fsp3) is 0.600. The van der Waals surface area contributed by atoms with Gasteiger partial charge in [-0.2, -0.15) is 0 Å². The first kappa shape index (κ1) is 29.7. The second-order valence-electron chi connectivity index (χ2n) is 11.2. The highest BCUT2D eigenvalue weighted by Crippen LogP contribution is 2.45. The Hall–Kier alpha value is -2.79. The van der Waals surface area contributed by atoms with Gasteiger partial charge in [-0.05, 0) is 57.6 Å². The predicted molar refractivity (Wildman–Crippen MR) is 155 cm³/mol. The first-order valence-electron chi connectivity index (χ1n) is 14.3. The molecule has 2 fully saturated rings. The molecule has 1 aromatic carbocycles. The number of likely N-dealkylation sites (tertiary alicyclic amines) is 1. The summed E-state index contributed by atoms with van der Waals surface area (Å²) in [4.78, 5) is 30.9. The van der Waals surface area contributed by atoms with Crippen LogP contribution in [0.15, 0.2) is 16.9 Å². The van der Waals surface area contributed by atoms with E-state index in [0.29, 0.717) is 82.5 Å². The van der Waals surface area contributed by atoms with Gasteiger partial charge in [0.15, 0.2) is 11.5 Å². The van der Waals surface area contributed by atoms with Crippen LogP contribution in [0.5, 0.6) is 17.2 Å². The van der Waals surface area contributed by atoms with Crippen molar-refractivity contribution in [1.29, 1.82) is 0 Å². The molecule has 2 N–H and O–H groups in total. The minimum atomic E-state index is -0.362. The van der Waals surface area contributed by atoms with Crippen molar-refractivity contribution in [1.82, 2.24) is 15.2 Å². The third-order valence-electron chi connectivity index (χ3n) is 8.52. The highest BCUT2D eigenvalue weighted by atomic mass is 35.5. The topological polar surface area (TPSA) is 111 Å². The molecule has 1 atom stereocenters. The lowest BCUT2D eigenvalue weighted by Gasteiger charge is -2.47. The normalized spacial score (nSPS) is 22.7. The maximum atomic E-state index is 13.2. The minimum absolute atomic E-state index is 0.00598. The molecule has 3 aliphatic rings. The number of hydrogen-bond acceptors (Lipinski definition) is 8. The Morgan fingerprint density at radius 2 is 1.88 bits per heavy atom. The molecule has 3 heterocycles. The minimum Gasteiger partial charge on any atom is -0.496 e. The van der Waals surface area contributed by atoms with Gasteiger partial charge in [0.1, 0.15) is 18.5 Å². The van der Waals surface area contributed by atoms with Gasteiger partial charge in [0, 0.05) is 43.1 Å². The number of fused-ring (bicyclic) bond motifs is 1. The van der Waals surface area contributed by atoms with Gasteiger partial charge in [0.25, 0.3) is 11.5 Å². The molecular formula is C30H40ClN3O7. The number of methoxy groups -OCH3 is 2. The van der Waals surface area contributed by atoms with E-state index in [1.807, 2.05) is 6.92 Å². The fourth-order valence-electron chi connectivity index (χ4n) is 6.11. The monoisotopic (exact) mass is 589 g/mol. The number of ether oxygens (including phenoxy) is 5. The number of hydrogen-bond donors (Lipinski definition) is 2. The van der Waals surface area contributed by atoms with E-state index in [9.17, 15) is 9.59 Å². The van der Waals surface area contributed by atoms with Crippen LogP contribution in [0.1, 0.15) is 52.9 Å². The number of H-pyrrole nitrogens is 1. The van der Waals surface area contributed by atoms with E-state index < -0.39 is 0 Å². The maximum Gasteiger partial charge on any atom is 0.256 e. The molecule has 1 aromatic heterocycles. The van der Waals surface area contributed by atoms with Crippen molar-refractivity contribution in [2.75, 3.05) is 47.1 Å². The quantitative estimate of drug-likeness (QED) is 0.404. The van der Waals surface area contributed by atoms with Gasteiger partial charge >= 0.3 is 0 Å². The molecule has 10 nitrogen and oxygen atoms in total. The number of carbonyl (C=O) groups excluding carboxylic acids is 1. The van der Waals surface area contributed by atoms with E-state index in [1.54, 1.807) is 26.2 Å². The number of nitrogens with zero attached hydrogens (tertiary/aromatic N) is 1. The van der Waals surface area contributed by atoms with Crippen molar-refractivity contribution in [3.63, 3.8) is 0 Å². The summed E-state index contributed by atoms with van der Waals surface area (Å²) in [5.41, 5.74) is 1.75. The van der Waals surface area contributed by atoms with Crippen LogP contribution in [0.4, 0.5) is 0 Å². The maximum absolute atomic E-state index is 13.2. The zero-order valence-corrected chi connectivity index (χ0v) is 25.0. The Bertz CT molecular complexity index is 1300. The summed E-state index contributed by atoms with van der Waals surface area (Å²) in [7, 11) is 3.18. The lowest BCUT2D eigenvalue weighted by Crippen LogP contribution is -2.57. The molecule has 2 aliphatic heterocycles. The van der Waals surface area contributed by atoms with E-state index >= 15 is 0 Å². The molecule has 0 radical (unpaired) electrons. The van der Waals surface area contributed by atoms with Gasteiger partial charge in [-0.25, -0.2) is 0 Å². The molecule has 1 saturated heterocycles. The van der Waals surface area contributed by atoms with Crippen molar-refractivity contribution >= 4 is 17.5 Å². The average molecular weight is 590 g/mol. The number of nitrogens with one attached hydrogen (secondary N) is 2. The molecule has 5 rings (SSSR count). The molecule has 1 amide bonds. The zero-order valence-electron chi connectivity index (χ0n) is 24.2. The first-order valence-corrected chi connectivity index (χ1v) is 14.7. The smallest absolute Gasteiger partial charge is 0.256 e. The highest BCUT2D eigenvalue weighted by Gasteiger charge is 2.39. The molecule has 0 spiro atoms. The van der Waals surface area contributed by atoms with Crippen molar-refractivity contribution < 1.29 is 28.5 Å². The van der Waals surface area contributed by atoms with Crippen LogP contribution >= 0.6 is 11.6 Å². The van der Waals surface area contributed by atoms with Gasteiger partial charge in [0.2, 0.25) is 0 Å². The average Bonchev–Trinajstić information content (AvgIpc) is 2.95. The van der Waals surface area contributed by atoms with Crippen LogP contribution < -0.4 is 25.1 Å². The number of halogens is 1.